The van der Waals surface area contributed by atoms with Gasteiger partial charge < -0.3 is 10.2 Å². The first-order chi connectivity index (χ1) is 12.7. The Bertz CT molecular complexity index is 786. The zero-order chi connectivity index (χ0) is 18.1. The van der Waals surface area contributed by atoms with Gasteiger partial charge in [0.1, 0.15) is 5.82 Å². The van der Waals surface area contributed by atoms with Crippen LogP contribution in [0.5, 0.6) is 0 Å². The van der Waals surface area contributed by atoms with Crippen LogP contribution < -0.4 is 5.32 Å². The highest BCUT2D eigenvalue weighted by Gasteiger charge is 2.29. The molecule has 1 fully saturated rings. The molecule has 1 aromatic carbocycles. The van der Waals surface area contributed by atoms with Gasteiger partial charge >= 0.3 is 0 Å². The van der Waals surface area contributed by atoms with Crippen molar-refractivity contribution in [1.82, 2.24) is 14.7 Å². The number of piperidine rings is 1. The van der Waals surface area contributed by atoms with E-state index in [4.69, 9.17) is 28.3 Å². The fourth-order valence-electron chi connectivity index (χ4n) is 4.23. The van der Waals surface area contributed by atoms with Gasteiger partial charge in [0.2, 0.25) is 0 Å². The maximum Gasteiger partial charge on any atom is 0.133 e. The number of nitrogens with one attached hydrogen (secondary N) is 1. The number of hydrogen-bond acceptors (Lipinski definition) is 3. The fraction of sp³-hybridized carbons (Fsp3) is 0.550. The zero-order valence-electron chi connectivity index (χ0n) is 15.3. The minimum absolute atomic E-state index is 0.515. The molecule has 3 heterocycles. The Morgan fingerprint density at radius 3 is 2.88 bits per heavy atom. The lowest BCUT2D eigenvalue weighted by Gasteiger charge is -2.31. The molecular weight excluding hydrogens is 367 g/mol. The van der Waals surface area contributed by atoms with E-state index in [0.29, 0.717) is 16.0 Å². The summed E-state index contributed by atoms with van der Waals surface area (Å²) in [5, 5.41) is 9.86. The van der Waals surface area contributed by atoms with Crippen LogP contribution in [0, 0.1) is 0 Å². The van der Waals surface area contributed by atoms with Crippen LogP contribution in [0.1, 0.15) is 49.8 Å². The average molecular weight is 393 g/mol. The topological polar surface area (TPSA) is 33.1 Å². The van der Waals surface area contributed by atoms with E-state index in [2.05, 4.69) is 17.1 Å². The summed E-state index contributed by atoms with van der Waals surface area (Å²) < 4.78 is 2.04. The van der Waals surface area contributed by atoms with Crippen molar-refractivity contribution in [2.45, 2.75) is 44.9 Å². The second-order valence-electron chi connectivity index (χ2n) is 7.34. The van der Waals surface area contributed by atoms with E-state index in [9.17, 15) is 0 Å². The number of rotatable bonds is 3. The van der Waals surface area contributed by atoms with Gasteiger partial charge in [-0.05, 0) is 63.4 Å². The minimum Gasteiger partial charge on any atom is -0.370 e. The van der Waals surface area contributed by atoms with Gasteiger partial charge in [0.25, 0.3) is 0 Å². The molecule has 26 heavy (non-hydrogen) atoms. The molecule has 2 aromatic rings. The van der Waals surface area contributed by atoms with Crippen LogP contribution in [-0.4, -0.2) is 40.9 Å². The number of likely N-dealkylation sites (N-methyl/N-ethyl adjacent to an activating group) is 1. The number of hydrogen-bond donors (Lipinski definition) is 1. The first-order valence-electron chi connectivity index (χ1n) is 9.70. The van der Waals surface area contributed by atoms with Crippen molar-refractivity contribution in [3.05, 3.63) is 39.5 Å². The predicted octanol–water partition coefficient (Wildman–Crippen LogP) is 5.13. The van der Waals surface area contributed by atoms with Crippen molar-refractivity contribution in [2.75, 3.05) is 31.5 Å². The molecule has 1 N–H and O–H groups in total. The Kier molecular flexibility index (Phi) is 5.44. The van der Waals surface area contributed by atoms with Gasteiger partial charge in [-0.2, -0.15) is 5.10 Å². The highest BCUT2D eigenvalue weighted by molar-refractivity contribution is 6.42. The third-order valence-corrected chi connectivity index (χ3v) is 6.39. The second-order valence-corrected chi connectivity index (χ2v) is 8.15. The largest absolute Gasteiger partial charge is 0.370 e. The Balaban J connectivity index is 1.77. The number of aromatic nitrogens is 2. The molecule has 0 radical (unpaired) electrons. The Hall–Kier alpha value is -1.23. The maximum absolute atomic E-state index is 6.27. The van der Waals surface area contributed by atoms with E-state index in [-0.39, 0.29) is 0 Å². The van der Waals surface area contributed by atoms with Gasteiger partial charge in [0.15, 0.2) is 0 Å². The number of benzene rings is 1. The molecule has 2 aliphatic heterocycles. The quantitative estimate of drug-likeness (QED) is 0.785. The molecule has 1 atom stereocenters. The van der Waals surface area contributed by atoms with Crippen molar-refractivity contribution in [3.8, 4) is 5.69 Å². The predicted molar refractivity (Wildman–Crippen MR) is 109 cm³/mol. The summed E-state index contributed by atoms with van der Waals surface area (Å²) in [5.41, 5.74) is 3.65. The molecule has 0 saturated carbocycles. The number of nitrogens with zero attached hydrogens (tertiary/aromatic N) is 3. The normalized spacial score (nSPS) is 21.1. The van der Waals surface area contributed by atoms with Crippen molar-refractivity contribution in [1.29, 1.82) is 0 Å². The van der Waals surface area contributed by atoms with Crippen LogP contribution in [0.2, 0.25) is 10.0 Å². The molecular formula is C20H26Cl2N4. The molecule has 1 saturated heterocycles. The van der Waals surface area contributed by atoms with E-state index in [1.54, 1.807) is 0 Å². The molecule has 140 valence electrons. The average Bonchev–Trinajstić information content (AvgIpc) is 2.85. The van der Waals surface area contributed by atoms with Crippen molar-refractivity contribution in [3.63, 3.8) is 0 Å². The summed E-state index contributed by atoms with van der Waals surface area (Å²) in [6, 6.07) is 5.76. The highest BCUT2D eigenvalue weighted by Crippen LogP contribution is 2.36. The first-order valence-corrected chi connectivity index (χ1v) is 10.5. The van der Waals surface area contributed by atoms with Gasteiger partial charge in [-0.15, -0.1) is 0 Å². The SMILES string of the molecule is CCN1CCCC(c2nn(-c3ccc(Cl)c(Cl)c3)c3c2CCCCN3)C1. The monoisotopic (exact) mass is 392 g/mol. The molecule has 4 nitrogen and oxygen atoms in total. The summed E-state index contributed by atoms with van der Waals surface area (Å²) in [5.74, 6) is 1.66. The molecule has 4 rings (SSSR count). The summed E-state index contributed by atoms with van der Waals surface area (Å²) in [6.07, 6.45) is 5.98. The molecule has 0 aliphatic carbocycles. The lowest BCUT2D eigenvalue weighted by Crippen LogP contribution is -2.34. The molecule has 0 amide bonds. The van der Waals surface area contributed by atoms with Crippen LogP contribution in [0.15, 0.2) is 18.2 Å². The van der Waals surface area contributed by atoms with E-state index < -0.39 is 0 Å². The van der Waals surface area contributed by atoms with E-state index in [1.807, 2.05) is 22.9 Å². The van der Waals surface area contributed by atoms with Gasteiger partial charge in [-0.3, -0.25) is 0 Å². The highest BCUT2D eigenvalue weighted by atomic mass is 35.5. The summed E-state index contributed by atoms with van der Waals surface area (Å²) in [7, 11) is 0. The van der Waals surface area contributed by atoms with Crippen LogP contribution >= 0.6 is 23.2 Å². The third-order valence-electron chi connectivity index (χ3n) is 5.65. The summed E-state index contributed by atoms with van der Waals surface area (Å²) in [4.78, 5) is 2.54. The molecule has 0 bridgehead atoms. The summed E-state index contributed by atoms with van der Waals surface area (Å²) >= 11 is 12.4. The van der Waals surface area contributed by atoms with Crippen LogP contribution in [0.3, 0.4) is 0 Å². The Labute approximate surface area is 165 Å². The van der Waals surface area contributed by atoms with Crippen LogP contribution in [-0.2, 0) is 6.42 Å². The van der Waals surface area contributed by atoms with Gasteiger partial charge in [-0.1, -0.05) is 30.1 Å². The van der Waals surface area contributed by atoms with Crippen LogP contribution in [0.25, 0.3) is 5.69 Å². The van der Waals surface area contributed by atoms with E-state index in [1.165, 1.54) is 43.5 Å². The molecule has 6 heteroatoms. The van der Waals surface area contributed by atoms with Crippen molar-refractivity contribution in [2.24, 2.45) is 0 Å². The van der Waals surface area contributed by atoms with Crippen molar-refractivity contribution >= 4 is 29.0 Å². The van der Waals surface area contributed by atoms with Crippen LogP contribution in [0.4, 0.5) is 5.82 Å². The third kappa shape index (κ3) is 3.47. The molecule has 1 unspecified atom stereocenters. The minimum atomic E-state index is 0.515. The standard InChI is InChI=1S/C20H26Cl2N4/c1-2-25-11-5-6-14(13-25)19-16-7-3-4-10-23-20(16)26(24-19)15-8-9-17(21)18(22)12-15/h8-9,12,14,23H,2-7,10-11,13H2,1H3. The number of halogens is 2. The first kappa shape index (κ1) is 18.1. The van der Waals surface area contributed by atoms with Gasteiger partial charge in [0, 0.05) is 24.6 Å². The van der Waals surface area contributed by atoms with Crippen molar-refractivity contribution < 1.29 is 0 Å². The molecule has 0 spiro atoms. The van der Waals surface area contributed by atoms with E-state index >= 15 is 0 Å². The van der Waals surface area contributed by atoms with Gasteiger partial charge in [0.05, 0.1) is 21.4 Å². The zero-order valence-corrected chi connectivity index (χ0v) is 16.8. The maximum atomic E-state index is 6.27. The number of likely N-dealkylation sites (tertiary alicyclic amines) is 1. The molecule has 1 aromatic heterocycles. The Morgan fingerprint density at radius 1 is 1.19 bits per heavy atom. The van der Waals surface area contributed by atoms with Gasteiger partial charge in [-0.25, -0.2) is 4.68 Å². The second kappa shape index (κ2) is 7.79. The number of anilines is 1. The molecule has 2 aliphatic rings. The smallest absolute Gasteiger partial charge is 0.133 e. The van der Waals surface area contributed by atoms with E-state index in [0.717, 1.165) is 37.6 Å². The fourth-order valence-corrected chi connectivity index (χ4v) is 4.52. The Morgan fingerprint density at radius 2 is 2.08 bits per heavy atom. The number of fused-ring (bicyclic) bond motifs is 1. The lowest BCUT2D eigenvalue weighted by atomic mass is 9.91. The summed E-state index contributed by atoms with van der Waals surface area (Å²) in [6.45, 7) is 6.68. The lowest BCUT2D eigenvalue weighted by molar-refractivity contribution is 0.215.